The fourth-order valence-corrected chi connectivity index (χ4v) is 3.59. The first-order chi connectivity index (χ1) is 11.5. The average molecular weight is 340 g/mol. The standard InChI is InChI=1S/C17H32N4O3/c1-3-14-11-20(8-9-21(14)10-13(2)22)12-16(23)19-15-6-4-5-7-18-17(15)24/h13-15,22H,3-12H2,1-2H3,(H,18,24)(H,19,23)/t13-,14-,15+/m1/s1. The van der Waals surface area contributed by atoms with E-state index in [0.29, 0.717) is 25.7 Å². The van der Waals surface area contributed by atoms with Gasteiger partial charge in [-0.15, -0.1) is 0 Å². The molecular weight excluding hydrogens is 308 g/mol. The predicted molar refractivity (Wildman–Crippen MR) is 92.6 cm³/mol. The highest BCUT2D eigenvalue weighted by molar-refractivity contribution is 5.88. The van der Waals surface area contributed by atoms with Gasteiger partial charge in [0.25, 0.3) is 0 Å². The van der Waals surface area contributed by atoms with E-state index in [2.05, 4.69) is 27.4 Å². The lowest BCUT2D eigenvalue weighted by Crippen LogP contribution is -2.57. The molecule has 138 valence electrons. The SMILES string of the molecule is CC[C@@H]1CN(CC(=O)N[C@H]2CCCCNC2=O)CCN1C[C@@H](C)O. The lowest BCUT2D eigenvalue weighted by Gasteiger charge is -2.41. The van der Waals surface area contributed by atoms with Gasteiger partial charge in [-0.25, -0.2) is 0 Å². The Morgan fingerprint density at radius 3 is 2.92 bits per heavy atom. The van der Waals surface area contributed by atoms with Crippen molar-refractivity contribution in [3.63, 3.8) is 0 Å². The molecule has 0 saturated carbocycles. The molecule has 0 aromatic rings. The van der Waals surface area contributed by atoms with Crippen molar-refractivity contribution in [2.45, 2.75) is 57.7 Å². The minimum atomic E-state index is -0.390. The van der Waals surface area contributed by atoms with Crippen LogP contribution in [-0.4, -0.2) is 84.2 Å². The lowest BCUT2D eigenvalue weighted by molar-refractivity contribution is -0.129. The van der Waals surface area contributed by atoms with E-state index in [1.807, 2.05) is 6.92 Å². The minimum absolute atomic E-state index is 0.0611. The molecule has 24 heavy (non-hydrogen) atoms. The lowest BCUT2D eigenvalue weighted by atomic mass is 10.1. The Bertz CT molecular complexity index is 430. The molecule has 2 aliphatic heterocycles. The molecule has 0 spiro atoms. The summed E-state index contributed by atoms with van der Waals surface area (Å²) in [5, 5.41) is 15.3. The van der Waals surface area contributed by atoms with Crippen LogP contribution >= 0.6 is 0 Å². The van der Waals surface area contributed by atoms with E-state index in [-0.39, 0.29) is 17.9 Å². The summed E-state index contributed by atoms with van der Waals surface area (Å²) < 4.78 is 0. The first-order valence-corrected chi connectivity index (χ1v) is 9.21. The monoisotopic (exact) mass is 340 g/mol. The Balaban J connectivity index is 1.80. The van der Waals surface area contributed by atoms with Gasteiger partial charge in [0.15, 0.2) is 0 Å². The molecule has 0 radical (unpaired) electrons. The smallest absolute Gasteiger partial charge is 0.242 e. The van der Waals surface area contributed by atoms with Crippen LogP contribution in [0.1, 0.15) is 39.5 Å². The van der Waals surface area contributed by atoms with Crippen LogP contribution in [0.5, 0.6) is 0 Å². The molecule has 7 heteroatoms. The van der Waals surface area contributed by atoms with Gasteiger partial charge in [0.1, 0.15) is 6.04 Å². The minimum Gasteiger partial charge on any atom is -0.392 e. The Kier molecular flexibility index (Phi) is 7.45. The van der Waals surface area contributed by atoms with Gasteiger partial charge in [-0.1, -0.05) is 6.92 Å². The summed E-state index contributed by atoms with van der Waals surface area (Å²) in [6.45, 7) is 8.17. The fraction of sp³-hybridized carbons (Fsp3) is 0.882. The molecule has 2 saturated heterocycles. The molecule has 0 aliphatic carbocycles. The van der Waals surface area contributed by atoms with Crippen LogP contribution in [0.15, 0.2) is 0 Å². The van der Waals surface area contributed by atoms with Crippen molar-refractivity contribution in [3.8, 4) is 0 Å². The van der Waals surface area contributed by atoms with Crippen LogP contribution in [0.25, 0.3) is 0 Å². The third-order valence-electron chi connectivity index (χ3n) is 4.90. The third-order valence-corrected chi connectivity index (χ3v) is 4.90. The van der Waals surface area contributed by atoms with E-state index >= 15 is 0 Å². The largest absolute Gasteiger partial charge is 0.392 e. The highest BCUT2D eigenvalue weighted by Crippen LogP contribution is 2.13. The summed E-state index contributed by atoms with van der Waals surface area (Å²) in [4.78, 5) is 28.7. The number of nitrogens with one attached hydrogen (secondary N) is 2. The number of carbonyl (C=O) groups is 2. The molecule has 3 atom stereocenters. The maximum absolute atomic E-state index is 12.3. The molecule has 0 aromatic carbocycles. The van der Waals surface area contributed by atoms with Crippen molar-refractivity contribution in [1.82, 2.24) is 20.4 Å². The molecule has 2 aliphatic rings. The van der Waals surface area contributed by atoms with Crippen LogP contribution in [0, 0.1) is 0 Å². The zero-order valence-electron chi connectivity index (χ0n) is 15.0. The second-order valence-corrected chi connectivity index (χ2v) is 7.05. The van der Waals surface area contributed by atoms with Gasteiger partial charge in [-0.2, -0.15) is 0 Å². The number of aliphatic hydroxyl groups excluding tert-OH is 1. The van der Waals surface area contributed by atoms with Crippen LogP contribution < -0.4 is 10.6 Å². The van der Waals surface area contributed by atoms with Crippen molar-refractivity contribution in [3.05, 3.63) is 0 Å². The summed E-state index contributed by atoms with van der Waals surface area (Å²) in [7, 11) is 0. The van der Waals surface area contributed by atoms with Gasteiger partial charge in [0, 0.05) is 38.8 Å². The maximum Gasteiger partial charge on any atom is 0.242 e. The molecule has 0 aromatic heterocycles. The summed E-state index contributed by atoms with van der Waals surface area (Å²) in [6, 6.07) is -0.0270. The normalized spacial score (nSPS) is 28.0. The molecule has 2 heterocycles. The molecule has 2 rings (SSSR count). The van der Waals surface area contributed by atoms with Crippen LogP contribution in [0.4, 0.5) is 0 Å². The van der Waals surface area contributed by atoms with Crippen molar-refractivity contribution in [2.75, 3.05) is 39.3 Å². The number of carbonyl (C=O) groups excluding carboxylic acids is 2. The number of nitrogens with zero attached hydrogens (tertiary/aromatic N) is 2. The Hall–Kier alpha value is -1.18. The molecule has 2 fully saturated rings. The van der Waals surface area contributed by atoms with Crippen molar-refractivity contribution in [1.29, 1.82) is 0 Å². The third kappa shape index (κ3) is 5.72. The molecule has 3 N–H and O–H groups in total. The van der Waals surface area contributed by atoms with Crippen molar-refractivity contribution < 1.29 is 14.7 Å². The Labute approximate surface area is 144 Å². The highest BCUT2D eigenvalue weighted by Gasteiger charge is 2.28. The molecule has 7 nitrogen and oxygen atoms in total. The summed E-state index contributed by atoms with van der Waals surface area (Å²) >= 11 is 0. The molecule has 0 unspecified atom stereocenters. The van der Waals surface area contributed by atoms with Crippen LogP contribution in [0.3, 0.4) is 0 Å². The van der Waals surface area contributed by atoms with Gasteiger partial charge in [0.2, 0.25) is 11.8 Å². The molecule has 2 amide bonds. The number of piperazine rings is 1. The quantitative estimate of drug-likeness (QED) is 0.610. The average Bonchev–Trinajstić information content (AvgIpc) is 2.73. The van der Waals surface area contributed by atoms with Gasteiger partial charge >= 0.3 is 0 Å². The molecule has 0 bridgehead atoms. The maximum atomic E-state index is 12.3. The highest BCUT2D eigenvalue weighted by atomic mass is 16.3. The van der Waals surface area contributed by atoms with E-state index < -0.39 is 6.04 Å². The van der Waals surface area contributed by atoms with E-state index in [0.717, 1.165) is 45.3 Å². The van der Waals surface area contributed by atoms with Crippen LogP contribution in [-0.2, 0) is 9.59 Å². The summed E-state index contributed by atoms with van der Waals surface area (Å²) in [6.07, 6.45) is 3.32. The Morgan fingerprint density at radius 2 is 2.21 bits per heavy atom. The predicted octanol–water partition coefficient (Wildman–Crippen LogP) is -0.452. The zero-order chi connectivity index (χ0) is 17.5. The van der Waals surface area contributed by atoms with E-state index in [4.69, 9.17) is 0 Å². The number of rotatable bonds is 6. The van der Waals surface area contributed by atoms with Gasteiger partial charge < -0.3 is 15.7 Å². The number of β-amino-alcohol motifs (C(OH)–C–C–N with tert-alkyl or cyclic N) is 1. The van der Waals surface area contributed by atoms with Crippen molar-refractivity contribution in [2.24, 2.45) is 0 Å². The number of hydrogen-bond donors (Lipinski definition) is 3. The fourth-order valence-electron chi connectivity index (χ4n) is 3.59. The number of amides is 2. The van der Waals surface area contributed by atoms with E-state index in [1.165, 1.54) is 0 Å². The van der Waals surface area contributed by atoms with E-state index in [9.17, 15) is 14.7 Å². The number of hydrogen-bond acceptors (Lipinski definition) is 5. The first kappa shape index (κ1) is 19.1. The topological polar surface area (TPSA) is 84.9 Å². The second-order valence-electron chi connectivity index (χ2n) is 7.05. The Morgan fingerprint density at radius 1 is 1.42 bits per heavy atom. The van der Waals surface area contributed by atoms with Gasteiger partial charge in [-0.05, 0) is 32.6 Å². The van der Waals surface area contributed by atoms with Crippen LogP contribution in [0.2, 0.25) is 0 Å². The molecular formula is C17H32N4O3. The second kappa shape index (κ2) is 9.34. The zero-order valence-corrected chi connectivity index (χ0v) is 15.0. The number of aliphatic hydroxyl groups is 1. The van der Waals surface area contributed by atoms with E-state index in [1.54, 1.807) is 0 Å². The van der Waals surface area contributed by atoms with Crippen molar-refractivity contribution >= 4 is 11.8 Å². The van der Waals surface area contributed by atoms with Gasteiger partial charge in [0.05, 0.1) is 12.6 Å². The first-order valence-electron chi connectivity index (χ1n) is 9.21. The van der Waals surface area contributed by atoms with Gasteiger partial charge in [-0.3, -0.25) is 19.4 Å². The summed E-state index contributed by atoms with van der Waals surface area (Å²) in [5.74, 6) is -0.134. The summed E-state index contributed by atoms with van der Waals surface area (Å²) in [5.41, 5.74) is 0.